The Hall–Kier alpha value is -2.87. The van der Waals surface area contributed by atoms with Gasteiger partial charge in [-0.15, -0.1) is 0 Å². The molecule has 0 saturated heterocycles. The van der Waals surface area contributed by atoms with Crippen LogP contribution in [0, 0.1) is 0 Å². The van der Waals surface area contributed by atoms with Crippen LogP contribution in [0.4, 0.5) is 10.6 Å². The smallest absolute Gasteiger partial charge is 0.315 e. The number of nitrogens with zero attached hydrogens (tertiary/aromatic N) is 3. The molecule has 2 heterocycles. The number of para-hydroxylation sites is 1. The number of amides is 2. The number of nitrogen functional groups attached to an aromatic ring is 1. The van der Waals surface area contributed by atoms with E-state index in [1.165, 1.54) is 0 Å². The molecule has 3 rings (SSSR count). The Morgan fingerprint density at radius 2 is 2.08 bits per heavy atom. The molecule has 3 aromatic rings. The molecule has 8 heteroatoms. The molecular weight excluding hydrogens is 320 g/mol. The number of hydrogen-bond donors (Lipinski definition) is 4. The van der Waals surface area contributed by atoms with E-state index in [4.69, 9.17) is 5.73 Å². The first-order chi connectivity index (χ1) is 12.0. The normalized spacial score (nSPS) is 11.4. The Morgan fingerprint density at radius 3 is 2.80 bits per heavy atom. The highest BCUT2D eigenvalue weighted by atomic mass is 16.3. The van der Waals surface area contributed by atoms with Crippen molar-refractivity contribution in [3.05, 3.63) is 30.1 Å². The standard InChI is InChI=1S/C17H22N6O2/c1-10(2)20-17(25)19-7-8-23-13(9-24)22-14-15(23)11-5-3-4-6-12(11)21-16(14)18/h3-6,10,24H,7-9H2,1-2H3,(H2,18,21)(H2,19,20,25). The fraction of sp³-hybridized carbons (Fsp3) is 0.353. The molecule has 0 aliphatic carbocycles. The summed E-state index contributed by atoms with van der Waals surface area (Å²) in [5.41, 5.74) is 8.19. The number of carbonyl (C=O) groups is 1. The molecule has 0 saturated carbocycles. The zero-order valence-corrected chi connectivity index (χ0v) is 14.3. The van der Waals surface area contributed by atoms with E-state index in [-0.39, 0.29) is 18.7 Å². The van der Waals surface area contributed by atoms with E-state index >= 15 is 0 Å². The van der Waals surface area contributed by atoms with Gasteiger partial charge in [0.05, 0.1) is 11.0 Å². The van der Waals surface area contributed by atoms with Crippen LogP contribution in [0.2, 0.25) is 0 Å². The zero-order valence-electron chi connectivity index (χ0n) is 14.3. The molecule has 2 amide bonds. The fourth-order valence-corrected chi connectivity index (χ4v) is 2.86. The SMILES string of the molecule is CC(C)NC(=O)NCCn1c(CO)nc2c(N)nc3ccccc3c21. The topological polar surface area (TPSA) is 118 Å². The van der Waals surface area contributed by atoms with Crippen LogP contribution in [0.25, 0.3) is 21.9 Å². The summed E-state index contributed by atoms with van der Waals surface area (Å²) in [5, 5.41) is 16.2. The highest BCUT2D eigenvalue weighted by molar-refractivity contribution is 6.06. The average Bonchev–Trinajstić information content (AvgIpc) is 2.94. The number of urea groups is 1. The number of aliphatic hydroxyl groups excluding tert-OH is 1. The molecule has 2 aromatic heterocycles. The van der Waals surface area contributed by atoms with Crippen molar-refractivity contribution < 1.29 is 9.90 Å². The minimum absolute atomic E-state index is 0.0666. The van der Waals surface area contributed by atoms with Crippen LogP contribution >= 0.6 is 0 Å². The first-order valence-electron chi connectivity index (χ1n) is 8.19. The van der Waals surface area contributed by atoms with Gasteiger partial charge in [-0.3, -0.25) is 0 Å². The van der Waals surface area contributed by atoms with Crippen molar-refractivity contribution in [2.75, 3.05) is 12.3 Å². The summed E-state index contributed by atoms with van der Waals surface area (Å²) in [6.45, 7) is 4.43. The van der Waals surface area contributed by atoms with Gasteiger partial charge in [-0.05, 0) is 19.9 Å². The molecule has 25 heavy (non-hydrogen) atoms. The largest absolute Gasteiger partial charge is 0.388 e. The van der Waals surface area contributed by atoms with E-state index in [9.17, 15) is 9.90 Å². The van der Waals surface area contributed by atoms with Gasteiger partial charge in [-0.1, -0.05) is 18.2 Å². The van der Waals surface area contributed by atoms with Crippen LogP contribution in [0.5, 0.6) is 0 Å². The maximum absolute atomic E-state index is 11.7. The van der Waals surface area contributed by atoms with Crippen molar-refractivity contribution in [3.63, 3.8) is 0 Å². The summed E-state index contributed by atoms with van der Waals surface area (Å²) < 4.78 is 1.88. The van der Waals surface area contributed by atoms with Crippen molar-refractivity contribution in [3.8, 4) is 0 Å². The second-order valence-electron chi connectivity index (χ2n) is 6.10. The predicted molar refractivity (Wildman–Crippen MR) is 97.0 cm³/mol. The lowest BCUT2D eigenvalue weighted by Gasteiger charge is -2.12. The molecule has 8 nitrogen and oxygen atoms in total. The third-order valence-electron chi connectivity index (χ3n) is 3.87. The number of hydrogen-bond acceptors (Lipinski definition) is 5. The molecule has 5 N–H and O–H groups in total. The van der Waals surface area contributed by atoms with Crippen LogP contribution in [0.3, 0.4) is 0 Å². The van der Waals surface area contributed by atoms with E-state index in [0.717, 1.165) is 16.4 Å². The van der Waals surface area contributed by atoms with Crippen LogP contribution in [-0.4, -0.2) is 38.3 Å². The number of aliphatic hydroxyl groups is 1. The van der Waals surface area contributed by atoms with Gasteiger partial charge in [0.1, 0.15) is 17.9 Å². The van der Waals surface area contributed by atoms with Gasteiger partial charge in [0, 0.05) is 24.5 Å². The molecule has 0 atom stereocenters. The second kappa shape index (κ2) is 6.94. The number of pyridine rings is 1. The molecule has 132 valence electrons. The number of rotatable bonds is 5. The Kier molecular flexibility index (Phi) is 4.71. The molecule has 0 radical (unpaired) electrons. The maximum atomic E-state index is 11.7. The van der Waals surface area contributed by atoms with Gasteiger partial charge in [-0.25, -0.2) is 14.8 Å². The van der Waals surface area contributed by atoms with Crippen LogP contribution in [0.1, 0.15) is 19.7 Å². The Morgan fingerprint density at radius 1 is 1.32 bits per heavy atom. The van der Waals surface area contributed by atoms with Crippen molar-refractivity contribution in [1.29, 1.82) is 0 Å². The molecular formula is C17H22N6O2. The van der Waals surface area contributed by atoms with Crippen molar-refractivity contribution in [2.45, 2.75) is 33.0 Å². The molecule has 0 aliphatic rings. The Balaban J connectivity index is 1.97. The minimum Gasteiger partial charge on any atom is -0.388 e. The molecule has 0 bridgehead atoms. The summed E-state index contributed by atoms with van der Waals surface area (Å²) in [6, 6.07) is 7.49. The van der Waals surface area contributed by atoms with Gasteiger partial charge in [0.15, 0.2) is 5.82 Å². The highest BCUT2D eigenvalue weighted by Gasteiger charge is 2.16. The fourth-order valence-electron chi connectivity index (χ4n) is 2.86. The number of fused-ring (bicyclic) bond motifs is 3. The second-order valence-corrected chi connectivity index (χ2v) is 6.10. The van der Waals surface area contributed by atoms with Gasteiger partial charge < -0.3 is 26.0 Å². The minimum atomic E-state index is -0.226. The van der Waals surface area contributed by atoms with Crippen LogP contribution in [-0.2, 0) is 13.2 Å². The number of benzene rings is 1. The van der Waals surface area contributed by atoms with Gasteiger partial charge >= 0.3 is 6.03 Å². The Labute approximate surface area is 145 Å². The Bertz CT molecular complexity index is 918. The first-order valence-corrected chi connectivity index (χ1v) is 8.19. The van der Waals surface area contributed by atoms with Gasteiger partial charge in [0.2, 0.25) is 0 Å². The van der Waals surface area contributed by atoms with Crippen LogP contribution < -0.4 is 16.4 Å². The van der Waals surface area contributed by atoms with Crippen molar-refractivity contribution >= 4 is 33.8 Å². The monoisotopic (exact) mass is 342 g/mol. The van der Waals surface area contributed by atoms with Crippen molar-refractivity contribution in [2.24, 2.45) is 0 Å². The molecule has 0 unspecified atom stereocenters. The number of nitrogens with two attached hydrogens (primary N) is 1. The lowest BCUT2D eigenvalue weighted by Crippen LogP contribution is -2.40. The molecule has 0 aliphatic heterocycles. The van der Waals surface area contributed by atoms with E-state index in [0.29, 0.717) is 30.2 Å². The summed E-state index contributed by atoms with van der Waals surface area (Å²) in [5.74, 6) is 0.818. The molecule has 1 aromatic carbocycles. The maximum Gasteiger partial charge on any atom is 0.315 e. The molecule has 0 fully saturated rings. The number of imidazole rings is 1. The first kappa shape index (κ1) is 17.0. The summed E-state index contributed by atoms with van der Waals surface area (Å²) in [7, 11) is 0. The van der Waals surface area contributed by atoms with Gasteiger partial charge in [0.25, 0.3) is 0 Å². The lowest BCUT2D eigenvalue weighted by molar-refractivity contribution is 0.238. The number of carbonyl (C=O) groups excluding carboxylic acids is 1. The predicted octanol–water partition coefficient (Wildman–Crippen LogP) is 1.37. The van der Waals surface area contributed by atoms with E-state index in [2.05, 4.69) is 20.6 Å². The number of anilines is 1. The average molecular weight is 342 g/mol. The van der Waals surface area contributed by atoms with E-state index in [1.807, 2.05) is 42.7 Å². The summed E-state index contributed by atoms with van der Waals surface area (Å²) in [4.78, 5) is 20.5. The van der Waals surface area contributed by atoms with Crippen molar-refractivity contribution in [1.82, 2.24) is 25.2 Å². The summed E-state index contributed by atoms with van der Waals surface area (Å²) >= 11 is 0. The lowest BCUT2D eigenvalue weighted by atomic mass is 10.2. The quantitative estimate of drug-likeness (QED) is 0.558. The number of nitrogens with one attached hydrogen (secondary N) is 2. The third-order valence-corrected chi connectivity index (χ3v) is 3.87. The van der Waals surface area contributed by atoms with E-state index in [1.54, 1.807) is 0 Å². The third kappa shape index (κ3) is 3.34. The van der Waals surface area contributed by atoms with Gasteiger partial charge in [-0.2, -0.15) is 0 Å². The molecule has 0 spiro atoms. The summed E-state index contributed by atoms with van der Waals surface area (Å²) in [6.07, 6.45) is 0. The van der Waals surface area contributed by atoms with E-state index < -0.39 is 0 Å². The van der Waals surface area contributed by atoms with Crippen LogP contribution in [0.15, 0.2) is 24.3 Å². The number of aromatic nitrogens is 3. The zero-order chi connectivity index (χ0) is 18.0. The highest BCUT2D eigenvalue weighted by Crippen LogP contribution is 2.28.